The Morgan fingerprint density at radius 1 is 1.40 bits per heavy atom. The van der Waals surface area contributed by atoms with E-state index >= 15 is 0 Å². The molecule has 0 aliphatic heterocycles. The summed E-state index contributed by atoms with van der Waals surface area (Å²) in [5.41, 5.74) is 0.306. The molecule has 1 nitrogen and oxygen atoms in total. The van der Waals surface area contributed by atoms with Crippen LogP contribution in [0.25, 0.3) is 0 Å². The zero-order valence-electron chi connectivity index (χ0n) is 10.1. The van der Waals surface area contributed by atoms with E-state index in [0.717, 1.165) is 24.7 Å². The highest BCUT2D eigenvalue weighted by Crippen LogP contribution is 2.56. The Bertz CT molecular complexity index is 290. The fraction of sp³-hybridized carbons (Fsp3) is 0.786. The molecule has 0 aromatic carbocycles. The Balaban J connectivity index is 2.30. The zero-order chi connectivity index (χ0) is 11.1. The quantitative estimate of drug-likeness (QED) is 0.640. The molecular formula is C14H22O. The molecule has 1 spiro atoms. The van der Waals surface area contributed by atoms with Gasteiger partial charge in [-0.15, -0.1) is 0 Å². The van der Waals surface area contributed by atoms with Gasteiger partial charge in [-0.3, -0.25) is 4.79 Å². The molecule has 1 saturated carbocycles. The predicted molar refractivity (Wildman–Crippen MR) is 62.5 cm³/mol. The number of hydrogen-bond acceptors (Lipinski definition) is 1. The first-order valence-electron chi connectivity index (χ1n) is 6.25. The van der Waals surface area contributed by atoms with Crippen LogP contribution in [-0.4, -0.2) is 5.78 Å². The van der Waals surface area contributed by atoms with Crippen LogP contribution in [0.15, 0.2) is 12.2 Å². The Kier molecular flexibility index (Phi) is 2.74. The third-order valence-corrected chi connectivity index (χ3v) is 4.74. The van der Waals surface area contributed by atoms with Crippen molar-refractivity contribution in [3.05, 3.63) is 12.2 Å². The highest BCUT2D eigenvalue weighted by atomic mass is 16.1. The fourth-order valence-corrected chi connectivity index (χ4v) is 3.89. The molecule has 2 rings (SSSR count). The Morgan fingerprint density at radius 2 is 2.13 bits per heavy atom. The van der Waals surface area contributed by atoms with Crippen LogP contribution in [-0.2, 0) is 4.79 Å². The molecule has 2 aliphatic rings. The second-order valence-corrected chi connectivity index (χ2v) is 5.81. The summed E-state index contributed by atoms with van der Waals surface area (Å²) in [6, 6.07) is 0. The minimum atomic E-state index is 0.306. The van der Waals surface area contributed by atoms with E-state index in [2.05, 4.69) is 26.8 Å². The minimum Gasteiger partial charge on any atom is -0.295 e. The summed E-state index contributed by atoms with van der Waals surface area (Å²) in [6.45, 7) is 6.97. The van der Waals surface area contributed by atoms with Crippen molar-refractivity contribution in [2.45, 2.75) is 46.5 Å². The van der Waals surface area contributed by atoms with Crippen molar-refractivity contribution in [1.82, 2.24) is 0 Å². The normalized spacial score (nSPS) is 40.7. The molecule has 0 aromatic heterocycles. The fourth-order valence-electron chi connectivity index (χ4n) is 3.89. The highest BCUT2D eigenvalue weighted by Gasteiger charge is 2.49. The lowest BCUT2D eigenvalue weighted by atomic mass is 9.62. The molecule has 1 fully saturated rings. The standard InChI is InChI=1S/C14H22O/c1-10(2)13-7-6-11(3)14(13)8-4-5-12(15)9-14/h4-5,10-11,13H,6-9H2,1-3H3/t11-,13+,14-/m1/s1. The predicted octanol–water partition coefficient (Wildman–Crippen LogP) is 3.59. The van der Waals surface area contributed by atoms with Crippen molar-refractivity contribution in [3.63, 3.8) is 0 Å². The van der Waals surface area contributed by atoms with Gasteiger partial charge in [-0.1, -0.05) is 26.8 Å². The maximum Gasteiger partial charge on any atom is 0.155 e. The molecule has 0 saturated heterocycles. The van der Waals surface area contributed by atoms with Gasteiger partial charge < -0.3 is 0 Å². The molecular weight excluding hydrogens is 184 g/mol. The molecule has 0 aromatic rings. The van der Waals surface area contributed by atoms with Gasteiger partial charge in [-0.25, -0.2) is 0 Å². The third kappa shape index (κ3) is 1.66. The van der Waals surface area contributed by atoms with Crippen LogP contribution in [0.1, 0.15) is 46.5 Å². The number of ketones is 1. The summed E-state index contributed by atoms with van der Waals surface area (Å²) < 4.78 is 0. The maximum atomic E-state index is 11.7. The second-order valence-electron chi connectivity index (χ2n) is 5.81. The summed E-state index contributed by atoms with van der Waals surface area (Å²) >= 11 is 0. The van der Waals surface area contributed by atoms with Gasteiger partial charge in [-0.2, -0.15) is 0 Å². The van der Waals surface area contributed by atoms with Crippen LogP contribution in [0.3, 0.4) is 0 Å². The van der Waals surface area contributed by atoms with Crippen LogP contribution in [0.4, 0.5) is 0 Å². The molecule has 2 aliphatic carbocycles. The maximum absolute atomic E-state index is 11.7. The zero-order valence-corrected chi connectivity index (χ0v) is 10.1. The van der Waals surface area contributed by atoms with Crippen molar-refractivity contribution in [2.24, 2.45) is 23.2 Å². The lowest BCUT2D eigenvalue weighted by molar-refractivity contribution is -0.119. The number of rotatable bonds is 1. The average molecular weight is 206 g/mol. The molecule has 84 valence electrons. The van der Waals surface area contributed by atoms with Gasteiger partial charge in [-0.05, 0) is 48.5 Å². The first kappa shape index (κ1) is 10.9. The molecule has 0 N–H and O–H groups in total. The van der Waals surface area contributed by atoms with Gasteiger partial charge in [0, 0.05) is 6.42 Å². The molecule has 0 bridgehead atoms. The SMILES string of the molecule is CC(C)[C@@H]1CC[C@@H](C)[C@]12CC=CC(=O)C2. The Hall–Kier alpha value is -0.590. The van der Waals surface area contributed by atoms with Crippen molar-refractivity contribution in [2.75, 3.05) is 0 Å². The molecule has 3 atom stereocenters. The lowest BCUT2D eigenvalue weighted by Crippen LogP contribution is -2.37. The van der Waals surface area contributed by atoms with Crippen molar-refractivity contribution in [1.29, 1.82) is 0 Å². The number of carbonyl (C=O) groups is 1. The van der Waals surface area contributed by atoms with Crippen LogP contribution in [0, 0.1) is 23.2 Å². The van der Waals surface area contributed by atoms with Crippen molar-refractivity contribution >= 4 is 5.78 Å². The number of hydrogen-bond donors (Lipinski definition) is 0. The van der Waals surface area contributed by atoms with Crippen LogP contribution >= 0.6 is 0 Å². The first-order chi connectivity index (χ1) is 7.06. The van der Waals surface area contributed by atoms with E-state index in [9.17, 15) is 4.79 Å². The molecule has 0 amide bonds. The molecule has 15 heavy (non-hydrogen) atoms. The van der Waals surface area contributed by atoms with Gasteiger partial charge in [0.2, 0.25) is 0 Å². The van der Waals surface area contributed by atoms with E-state index in [1.54, 1.807) is 6.08 Å². The second kappa shape index (κ2) is 3.77. The third-order valence-electron chi connectivity index (χ3n) is 4.74. The first-order valence-corrected chi connectivity index (χ1v) is 6.25. The van der Waals surface area contributed by atoms with Gasteiger partial charge in [0.1, 0.15) is 0 Å². The summed E-state index contributed by atoms with van der Waals surface area (Å²) in [4.78, 5) is 11.7. The summed E-state index contributed by atoms with van der Waals surface area (Å²) in [6.07, 6.45) is 8.46. The highest BCUT2D eigenvalue weighted by molar-refractivity contribution is 5.91. The molecule has 1 heteroatoms. The smallest absolute Gasteiger partial charge is 0.155 e. The number of allylic oxidation sites excluding steroid dienone is 2. The van der Waals surface area contributed by atoms with E-state index in [0.29, 0.717) is 17.1 Å². The summed E-state index contributed by atoms with van der Waals surface area (Å²) in [7, 11) is 0. The van der Waals surface area contributed by atoms with E-state index in [4.69, 9.17) is 0 Å². The van der Waals surface area contributed by atoms with Crippen molar-refractivity contribution < 1.29 is 4.79 Å². The van der Waals surface area contributed by atoms with Crippen LogP contribution in [0.2, 0.25) is 0 Å². The van der Waals surface area contributed by atoms with Gasteiger partial charge in [0.25, 0.3) is 0 Å². The van der Waals surface area contributed by atoms with Crippen LogP contribution in [0.5, 0.6) is 0 Å². The molecule has 0 radical (unpaired) electrons. The topological polar surface area (TPSA) is 17.1 Å². The summed E-state index contributed by atoms with van der Waals surface area (Å²) in [5.74, 6) is 2.54. The Morgan fingerprint density at radius 3 is 2.73 bits per heavy atom. The van der Waals surface area contributed by atoms with E-state index in [-0.39, 0.29) is 0 Å². The number of carbonyl (C=O) groups excluding carboxylic acids is 1. The summed E-state index contributed by atoms with van der Waals surface area (Å²) in [5, 5.41) is 0. The van der Waals surface area contributed by atoms with Gasteiger partial charge in [0.15, 0.2) is 5.78 Å². The van der Waals surface area contributed by atoms with Gasteiger partial charge in [0.05, 0.1) is 0 Å². The molecule has 0 unspecified atom stereocenters. The van der Waals surface area contributed by atoms with E-state index < -0.39 is 0 Å². The van der Waals surface area contributed by atoms with Crippen molar-refractivity contribution in [3.8, 4) is 0 Å². The van der Waals surface area contributed by atoms with E-state index in [1.165, 1.54) is 12.8 Å². The van der Waals surface area contributed by atoms with Gasteiger partial charge >= 0.3 is 0 Å². The lowest BCUT2D eigenvalue weighted by Gasteiger charge is -2.41. The monoisotopic (exact) mass is 206 g/mol. The Labute approximate surface area is 92.9 Å². The largest absolute Gasteiger partial charge is 0.295 e. The molecule has 0 heterocycles. The minimum absolute atomic E-state index is 0.306. The average Bonchev–Trinajstić information content (AvgIpc) is 2.44. The van der Waals surface area contributed by atoms with E-state index in [1.807, 2.05) is 0 Å². The van der Waals surface area contributed by atoms with Crippen LogP contribution < -0.4 is 0 Å².